The Labute approximate surface area is 107 Å². The summed E-state index contributed by atoms with van der Waals surface area (Å²) in [6, 6.07) is 0. The second kappa shape index (κ2) is 8.60. The third-order valence-corrected chi connectivity index (χ3v) is 2.44. The first-order valence-corrected chi connectivity index (χ1v) is 6.18. The van der Waals surface area contributed by atoms with Gasteiger partial charge in [-0.1, -0.05) is 5.21 Å². The van der Waals surface area contributed by atoms with Crippen molar-refractivity contribution >= 4 is 5.91 Å². The van der Waals surface area contributed by atoms with E-state index in [4.69, 9.17) is 10.5 Å². The monoisotopic (exact) mass is 255 g/mol. The Balaban J connectivity index is 2.09. The minimum absolute atomic E-state index is 0.0301. The molecule has 18 heavy (non-hydrogen) atoms. The largest absolute Gasteiger partial charge is 0.377 e. The van der Waals surface area contributed by atoms with Gasteiger partial charge in [-0.25, -0.2) is 0 Å². The van der Waals surface area contributed by atoms with Crippen molar-refractivity contribution in [2.45, 2.75) is 32.4 Å². The number of nitrogens with two attached hydrogens (primary N) is 1. The van der Waals surface area contributed by atoms with Gasteiger partial charge in [0.2, 0.25) is 5.91 Å². The van der Waals surface area contributed by atoms with E-state index >= 15 is 0 Å². The Bertz CT molecular complexity index is 328. The van der Waals surface area contributed by atoms with Gasteiger partial charge in [-0.3, -0.25) is 9.48 Å². The predicted octanol–water partition coefficient (Wildman–Crippen LogP) is -0.462. The van der Waals surface area contributed by atoms with E-state index in [-0.39, 0.29) is 12.0 Å². The molecule has 0 saturated carbocycles. The molecule has 7 heteroatoms. The highest BCUT2D eigenvalue weighted by molar-refractivity contribution is 5.76. The summed E-state index contributed by atoms with van der Waals surface area (Å²) in [5, 5.41) is 10.4. The molecular formula is C11H21N5O2. The van der Waals surface area contributed by atoms with Crippen molar-refractivity contribution in [3.63, 3.8) is 0 Å². The van der Waals surface area contributed by atoms with Crippen molar-refractivity contribution in [2.75, 3.05) is 19.7 Å². The van der Waals surface area contributed by atoms with Gasteiger partial charge in [0, 0.05) is 32.4 Å². The summed E-state index contributed by atoms with van der Waals surface area (Å²) >= 11 is 0. The summed E-state index contributed by atoms with van der Waals surface area (Å²) < 4.78 is 7.05. The van der Waals surface area contributed by atoms with Crippen LogP contribution in [0.15, 0.2) is 12.4 Å². The summed E-state index contributed by atoms with van der Waals surface area (Å²) in [6.07, 6.45) is 4.36. The Kier molecular flexibility index (Phi) is 6.97. The highest BCUT2D eigenvalue weighted by Gasteiger charge is 2.11. The van der Waals surface area contributed by atoms with E-state index in [1.165, 1.54) is 0 Å². The molecular weight excluding hydrogens is 234 g/mol. The Hall–Kier alpha value is -1.47. The first-order valence-electron chi connectivity index (χ1n) is 6.18. The van der Waals surface area contributed by atoms with Crippen LogP contribution in [0.2, 0.25) is 0 Å². The van der Waals surface area contributed by atoms with Crippen molar-refractivity contribution < 1.29 is 9.53 Å². The number of carbonyl (C=O) groups excluding carboxylic acids is 1. The molecule has 7 nitrogen and oxygen atoms in total. The molecule has 0 aliphatic rings. The highest BCUT2D eigenvalue weighted by Crippen LogP contribution is 1.96. The van der Waals surface area contributed by atoms with Crippen LogP contribution in [0, 0.1) is 0 Å². The zero-order chi connectivity index (χ0) is 13.2. The SMILES string of the molecule is CCOC(CN)CC(=O)NCCCn1ccnn1. The number of nitrogens with one attached hydrogen (secondary N) is 1. The van der Waals surface area contributed by atoms with Gasteiger partial charge in [-0.05, 0) is 13.3 Å². The van der Waals surface area contributed by atoms with E-state index in [2.05, 4.69) is 15.6 Å². The molecule has 0 aromatic carbocycles. The molecule has 1 atom stereocenters. The predicted molar refractivity (Wildman–Crippen MR) is 66.7 cm³/mol. The van der Waals surface area contributed by atoms with Crippen LogP contribution < -0.4 is 11.1 Å². The van der Waals surface area contributed by atoms with Gasteiger partial charge in [0.1, 0.15) is 0 Å². The number of amides is 1. The molecule has 1 amide bonds. The normalized spacial score (nSPS) is 12.3. The van der Waals surface area contributed by atoms with Crippen LogP contribution in [-0.4, -0.2) is 46.7 Å². The lowest BCUT2D eigenvalue weighted by molar-refractivity contribution is -0.123. The molecule has 3 N–H and O–H groups in total. The minimum Gasteiger partial charge on any atom is -0.377 e. The molecule has 1 heterocycles. The highest BCUT2D eigenvalue weighted by atomic mass is 16.5. The molecule has 1 aromatic rings. The fourth-order valence-corrected chi connectivity index (χ4v) is 1.55. The van der Waals surface area contributed by atoms with Crippen LogP contribution in [0.3, 0.4) is 0 Å². The molecule has 0 spiro atoms. The van der Waals surface area contributed by atoms with E-state index in [0.29, 0.717) is 26.1 Å². The third kappa shape index (κ3) is 5.74. The van der Waals surface area contributed by atoms with Crippen molar-refractivity contribution in [3.8, 4) is 0 Å². The van der Waals surface area contributed by atoms with Crippen LogP contribution in [0.5, 0.6) is 0 Å². The molecule has 1 aromatic heterocycles. The number of hydrogen-bond acceptors (Lipinski definition) is 5. The van der Waals surface area contributed by atoms with Gasteiger partial charge in [-0.15, -0.1) is 5.10 Å². The van der Waals surface area contributed by atoms with Gasteiger partial charge < -0.3 is 15.8 Å². The molecule has 0 aliphatic heterocycles. The molecule has 1 rings (SSSR count). The quantitative estimate of drug-likeness (QED) is 0.582. The van der Waals surface area contributed by atoms with Crippen LogP contribution in [0.25, 0.3) is 0 Å². The van der Waals surface area contributed by atoms with Crippen molar-refractivity contribution in [1.29, 1.82) is 0 Å². The number of nitrogens with zero attached hydrogens (tertiary/aromatic N) is 3. The molecule has 0 radical (unpaired) electrons. The smallest absolute Gasteiger partial charge is 0.222 e. The van der Waals surface area contributed by atoms with E-state index in [1.54, 1.807) is 17.1 Å². The van der Waals surface area contributed by atoms with E-state index < -0.39 is 0 Å². The average molecular weight is 255 g/mol. The lowest BCUT2D eigenvalue weighted by Gasteiger charge is -2.14. The zero-order valence-corrected chi connectivity index (χ0v) is 10.7. The van der Waals surface area contributed by atoms with E-state index in [9.17, 15) is 4.79 Å². The molecule has 0 aliphatic carbocycles. The number of rotatable bonds is 9. The maximum absolute atomic E-state index is 11.6. The van der Waals surface area contributed by atoms with Crippen molar-refractivity contribution in [1.82, 2.24) is 20.3 Å². The maximum atomic E-state index is 11.6. The van der Waals surface area contributed by atoms with E-state index in [0.717, 1.165) is 13.0 Å². The van der Waals surface area contributed by atoms with Gasteiger partial charge >= 0.3 is 0 Å². The number of aromatic nitrogens is 3. The molecule has 102 valence electrons. The van der Waals surface area contributed by atoms with Crippen LogP contribution in [-0.2, 0) is 16.1 Å². The first kappa shape index (κ1) is 14.6. The van der Waals surface area contributed by atoms with Gasteiger partial charge in [0.25, 0.3) is 0 Å². The second-order valence-corrected chi connectivity index (χ2v) is 3.89. The van der Waals surface area contributed by atoms with Crippen molar-refractivity contribution in [3.05, 3.63) is 12.4 Å². The van der Waals surface area contributed by atoms with Gasteiger partial charge in [0.05, 0.1) is 18.7 Å². The van der Waals surface area contributed by atoms with E-state index in [1.807, 2.05) is 6.92 Å². The summed E-state index contributed by atoms with van der Waals surface area (Å²) in [4.78, 5) is 11.6. The fourth-order valence-electron chi connectivity index (χ4n) is 1.55. The number of aryl methyl sites for hydroxylation is 1. The number of ether oxygens (including phenoxy) is 1. The second-order valence-electron chi connectivity index (χ2n) is 3.89. The summed E-state index contributed by atoms with van der Waals surface area (Å²) in [5.41, 5.74) is 5.50. The van der Waals surface area contributed by atoms with Crippen LogP contribution >= 0.6 is 0 Å². The molecule has 0 fully saturated rings. The van der Waals surface area contributed by atoms with Crippen LogP contribution in [0.4, 0.5) is 0 Å². The third-order valence-electron chi connectivity index (χ3n) is 2.44. The fraction of sp³-hybridized carbons (Fsp3) is 0.727. The summed E-state index contributed by atoms with van der Waals surface area (Å²) in [6.45, 7) is 4.18. The molecule has 0 saturated heterocycles. The minimum atomic E-state index is -0.190. The molecule has 1 unspecified atom stereocenters. The average Bonchev–Trinajstić information content (AvgIpc) is 2.87. The lowest BCUT2D eigenvalue weighted by atomic mass is 10.2. The first-order chi connectivity index (χ1) is 8.76. The Morgan fingerprint density at radius 3 is 3.06 bits per heavy atom. The Morgan fingerprint density at radius 2 is 2.44 bits per heavy atom. The standard InChI is InChI=1S/C11H21N5O2/c1-2-18-10(9-12)8-11(17)13-4-3-6-16-7-5-14-15-16/h5,7,10H,2-4,6,8-9,12H2,1H3,(H,13,17). The zero-order valence-electron chi connectivity index (χ0n) is 10.7. The Morgan fingerprint density at radius 1 is 1.61 bits per heavy atom. The van der Waals surface area contributed by atoms with Crippen LogP contribution in [0.1, 0.15) is 19.8 Å². The lowest BCUT2D eigenvalue weighted by Crippen LogP contribution is -2.33. The van der Waals surface area contributed by atoms with Gasteiger partial charge in [-0.2, -0.15) is 0 Å². The van der Waals surface area contributed by atoms with Gasteiger partial charge in [0.15, 0.2) is 0 Å². The maximum Gasteiger partial charge on any atom is 0.222 e. The number of hydrogen-bond donors (Lipinski definition) is 2. The summed E-state index contributed by atoms with van der Waals surface area (Å²) in [7, 11) is 0. The number of carbonyl (C=O) groups is 1. The van der Waals surface area contributed by atoms with Crippen molar-refractivity contribution in [2.24, 2.45) is 5.73 Å². The molecule has 0 bridgehead atoms. The summed E-state index contributed by atoms with van der Waals surface area (Å²) in [5.74, 6) is -0.0301. The topological polar surface area (TPSA) is 95.1 Å².